The van der Waals surface area contributed by atoms with Crippen LogP contribution in [0.1, 0.15) is 24.5 Å². The van der Waals surface area contributed by atoms with Crippen LogP contribution in [0.15, 0.2) is 29.3 Å². The standard InChI is InChI=1S/C20H33N5O2S.HI/c1-3-24-9-11-25(12-10-24)15-18-6-4-17(5-7-18)14-22-20(21-2)23-19-8-13-28(26,27)16-19;/h4-7,19H,3,8-16H2,1-2H3,(H2,21,22,23);1H. The minimum absolute atomic E-state index is 0. The first kappa shape index (κ1) is 24.4. The van der Waals surface area contributed by atoms with Crippen LogP contribution in [-0.4, -0.2) is 81.5 Å². The monoisotopic (exact) mass is 535 g/mol. The summed E-state index contributed by atoms with van der Waals surface area (Å²) in [6.45, 7) is 9.62. The molecule has 1 aromatic rings. The molecule has 0 aromatic heterocycles. The molecule has 2 saturated heterocycles. The number of hydrogen-bond donors (Lipinski definition) is 2. The number of rotatable bonds is 6. The van der Waals surface area contributed by atoms with Gasteiger partial charge in [0.2, 0.25) is 0 Å². The largest absolute Gasteiger partial charge is 0.353 e. The lowest BCUT2D eigenvalue weighted by molar-refractivity contribution is 0.132. The van der Waals surface area contributed by atoms with Crippen LogP contribution in [0.2, 0.25) is 0 Å². The van der Waals surface area contributed by atoms with E-state index in [9.17, 15) is 8.42 Å². The maximum atomic E-state index is 11.6. The molecule has 0 spiro atoms. The molecule has 2 heterocycles. The molecule has 1 atom stereocenters. The summed E-state index contributed by atoms with van der Waals surface area (Å²) in [4.78, 5) is 9.22. The van der Waals surface area contributed by atoms with E-state index in [1.807, 2.05) is 0 Å². The molecule has 2 fully saturated rings. The predicted molar refractivity (Wildman–Crippen MR) is 130 cm³/mol. The zero-order valence-electron chi connectivity index (χ0n) is 17.4. The summed E-state index contributed by atoms with van der Waals surface area (Å²) in [5.74, 6) is 1.10. The molecule has 0 amide bonds. The smallest absolute Gasteiger partial charge is 0.191 e. The van der Waals surface area contributed by atoms with Gasteiger partial charge in [0.15, 0.2) is 15.8 Å². The number of halogens is 1. The number of hydrogen-bond acceptors (Lipinski definition) is 5. The number of guanidine groups is 1. The molecule has 0 aliphatic carbocycles. The van der Waals surface area contributed by atoms with E-state index >= 15 is 0 Å². The van der Waals surface area contributed by atoms with Crippen LogP contribution in [0.3, 0.4) is 0 Å². The van der Waals surface area contributed by atoms with E-state index in [4.69, 9.17) is 0 Å². The first-order chi connectivity index (χ1) is 13.5. The number of sulfone groups is 1. The topological polar surface area (TPSA) is 77.0 Å². The van der Waals surface area contributed by atoms with Gasteiger partial charge in [0.1, 0.15) is 0 Å². The van der Waals surface area contributed by atoms with Gasteiger partial charge in [-0.05, 0) is 24.1 Å². The number of nitrogens with zero attached hydrogens (tertiary/aromatic N) is 3. The lowest BCUT2D eigenvalue weighted by atomic mass is 10.1. The average molecular weight is 535 g/mol. The third kappa shape index (κ3) is 7.69. The maximum absolute atomic E-state index is 11.6. The Hall–Kier alpha value is -0.910. The van der Waals surface area contributed by atoms with Crippen molar-refractivity contribution < 1.29 is 8.42 Å². The Morgan fingerprint density at radius 2 is 1.72 bits per heavy atom. The number of likely N-dealkylation sites (N-methyl/N-ethyl adjacent to an activating group) is 1. The fraction of sp³-hybridized carbons (Fsp3) is 0.650. The Morgan fingerprint density at radius 3 is 2.28 bits per heavy atom. The zero-order chi connectivity index (χ0) is 20.0. The van der Waals surface area contributed by atoms with Crippen LogP contribution in [0.25, 0.3) is 0 Å². The molecule has 7 nitrogen and oxygen atoms in total. The van der Waals surface area contributed by atoms with Gasteiger partial charge in [-0.15, -0.1) is 24.0 Å². The van der Waals surface area contributed by atoms with Gasteiger partial charge in [-0.25, -0.2) is 8.42 Å². The third-order valence-corrected chi connectivity index (χ3v) is 7.37. The first-order valence-corrected chi connectivity index (χ1v) is 12.0. The second-order valence-corrected chi connectivity index (χ2v) is 9.93. The van der Waals surface area contributed by atoms with E-state index in [2.05, 4.69) is 56.6 Å². The van der Waals surface area contributed by atoms with Gasteiger partial charge in [0.25, 0.3) is 0 Å². The molecule has 1 unspecified atom stereocenters. The highest BCUT2D eigenvalue weighted by atomic mass is 127. The van der Waals surface area contributed by atoms with Crippen molar-refractivity contribution in [1.82, 2.24) is 20.4 Å². The van der Waals surface area contributed by atoms with E-state index in [0.717, 1.165) is 39.3 Å². The van der Waals surface area contributed by atoms with Gasteiger partial charge in [-0.1, -0.05) is 31.2 Å². The highest BCUT2D eigenvalue weighted by Gasteiger charge is 2.28. The van der Waals surface area contributed by atoms with Gasteiger partial charge < -0.3 is 15.5 Å². The van der Waals surface area contributed by atoms with E-state index < -0.39 is 9.84 Å². The summed E-state index contributed by atoms with van der Waals surface area (Å²) in [5.41, 5.74) is 2.52. The van der Waals surface area contributed by atoms with Crippen molar-refractivity contribution in [2.45, 2.75) is 32.5 Å². The number of nitrogens with one attached hydrogen (secondary N) is 2. The average Bonchev–Trinajstić information content (AvgIpc) is 3.05. The summed E-state index contributed by atoms with van der Waals surface area (Å²) in [7, 11) is -1.18. The Morgan fingerprint density at radius 1 is 1.10 bits per heavy atom. The molecule has 2 aliphatic rings. The molecule has 2 N–H and O–H groups in total. The first-order valence-electron chi connectivity index (χ1n) is 10.2. The van der Waals surface area contributed by atoms with Crippen LogP contribution >= 0.6 is 24.0 Å². The van der Waals surface area contributed by atoms with Crippen molar-refractivity contribution in [3.63, 3.8) is 0 Å². The maximum Gasteiger partial charge on any atom is 0.191 e. The SMILES string of the molecule is CCN1CCN(Cc2ccc(CNC(=NC)NC3CCS(=O)(=O)C3)cc2)CC1.I. The van der Waals surface area contributed by atoms with Crippen molar-refractivity contribution in [2.75, 3.05) is 51.3 Å². The van der Waals surface area contributed by atoms with Gasteiger partial charge in [0.05, 0.1) is 11.5 Å². The van der Waals surface area contributed by atoms with Crippen LogP contribution in [-0.2, 0) is 22.9 Å². The summed E-state index contributed by atoms with van der Waals surface area (Å²) in [6.07, 6.45) is 0.643. The molecule has 2 aliphatic heterocycles. The molecule has 0 radical (unpaired) electrons. The van der Waals surface area contributed by atoms with E-state index in [-0.39, 0.29) is 41.5 Å². The molecule has 1 aromatic carbocycles. The molecule has 29 heavy (non-hydrogen) atoms. The summed E-state index contributed by atoms with van der Waals surface area (Å²) >= 11 is 0. The number of piperazine rings is 1. The quantitative estimate of drug-likeness (QED) is 0.325. The summed E-state index contributed by atoms with van der Waals surface area (Å²) < 4.78 is 23.2. The van der Waals surface area contributed by atoms with Crippen LogP contribution < -0.4 is 10.6 Å². The summed E-state index contributed by atoms with van der Waals surface area (Å²) in [5, 5.41) is 6.49. The molecule has 0 saturated carbocycles. The Bertz CT molecular complexity index is 762. The molecule has 0 bridgehead atoms. The molecular formula is C20H34IN5O2S. The van der Waals surface area contributed by atoms with Gasteiger partial charge in [-0.2, -0.15) is 0 Å². The van der Waals surface area contributed by atoms with Gasteiger partial charge >= 0.3 is 0 Å². The second-order valence-electron chi connectivity index (χ2n) is 7.70. The minimum atomic E-state index is -2.89. The fourth-order valence-corrected chi connectivity index (χ4v) is 5.44. The highest BCUT2D eigenvalue weighted by Crippen LogP contribution is 2.12. The normalized spacial score (nSPS) is 22.8. The highest BCUT2D eigenvalue weighted by molar-refractivity contribution is 14.0. The number of benzene rings is 1. The Kier molecular flexibility index (Phi) is 9.64. The van der Waals surface area contributed by atoms with Crippen molar-refractivity contribution >= 4 is 39.8 Å². The van der Waals surface area contributed by atoms with Gasteiger partial charge in [0, 0.05) is 52.4 Å². The van der Waals surface area contributed by atoms with Crippen molar-refractivity contribution in [3.05, 3.63) is 35.4 Å². The lowest BCUT2D eigenvalue weighted by Crippen LogP contribution is -2.45. The fourth-order valence-electron chi connectivity index (χ4n) is 3.77. The predicted octanol–water partition coefficient (Wildman–Crippen LogP) is 1.29. The summed E-state index contributed by atoms with van der Waals surface area (Å²) in [6, 6.07) is 8.65. The zero-order valence-corrected chi connectivity index (χ0v) is 20.6. The minimum Gasteiger partial charge on any atom is -0.353 e. The van der Waals surface area contributed by atoms with Crippen LogP contribution in [0, 0.1) is 0 Å². The van der Waals surface area contributed by atoms with E-state index in [0.29, 0.717) is 18.9 Å². The Balaban J connectivity index is 0.00000300. The number of aliphatic imine (C=N–C) groups is 1. The van der Waals surface area contributed by atoms with Crippen molar-refractivity contribution in [1.29, 1.82) is 0 Å². The molecule has 164 valence electrons. The lowest BCUT2D eigenvalue weighted by Gasteiger charge is -2.34. The Labute approximate surface area is 192 Å². The van der Waals surface area contributed by atoms with Crippen LogP contribution in [0.5, 0.6) is 0 Å². The van der Waals surface area contributed by atoms with E-state index in [1.54, 1.807) is 7.05 Å². The van der Waals surface area contributed by atoms with Crippen LogP contribution in [0.4, 0.5) is 0 Å². The molecule has 3 rings (SSSR count). The van der Waals surface area contributed by atoms with Crippen molar-refractivity contribution in [3.8, 4) is 0 Å². The van der Waals surface area contributed by atoms with Gasteiger partial charge in [-0.3, -0.25) is 9.89 Å². The second kappa shape index (κ2) is 11.5. The van der Waals surface area contributed by atoms with Crippen molar-refractivity contribution in [2.24, 2.45) is 4.99 Å². The molecular weight excluding hydrogens is 501 g/mol. The van der Waals surface area contributed by atoms with E-state index in [1.165, 1.54) is 11.1 Å². The third-order valence-electron chi connectivity index (χ3n) is 5.60. The molecule has 9 heteroatoms.